The molecule has 6 aliphatic heterocycles. The number of likely N-dealkylation sites (tertiary alicyclic amines) is 2. The number of phenolic OH excluding ortho intramolecular Hbond substituents is 2. The van der Waals surface area contributed by atoms with Crippen LogP contribution in [0, 0.1) is 42.4 Å². The molecule has 6 aliphatic rings. The standard InChI is InChI=1S/C58H76N6O13S/c1-31(2)30-63-26-22-58(23-27-63)60-46-43-44-51(69)38(9)54-45(43)55(71)57(10,77-54)75-28-21-32(3)35(6)53(76-42(66)29-41(65)64-24-19-39(20-25-64)62-78(73,74)40-17-12-11-13-18-40)37(8)50(68)36(7)49(67)33(4)15-14-16-34(5)56(72)59-48(52(44)70)47(46)61-58/h11-18,21,28,31-33,35-37,39,49-50,53,60,62,67-70H,19-20,22-27,29-30H2,1-10H3/b15-14+,28-21+,34-16-,59-48?/t32-,33-,35+,36+,37+,49-,50+,53+,57-/m0/s1. The van der Waals surface area contributed by atoms with Crippen molar-refractivity contribution in [1.29, 1.82) is 0 Å². The molecule has 2 fully saturated rings. The van der Waals surface area contributed by atoms with Crippen LogP contribution in [-0.4, -0.2) is 131 Å². The fourth-order valence-corrected chi connectivity index (χ4v) is 12.8. The summed E-state index contributed by atoms with van der Waals surface area (Å²) < 4.78 is 47.4. The molecule has 1 spiro atoms. The third kappa shape index (κ3) is 11.6. The lowest BCUT2D eigenvalue weighted by atomic mass is 9.77. The van der Waals surface area contributed by atoms with Gasteiger partial charge in [-0.3, -0.25) is 24.2 Å². The number of ether oxygens (including phenoxy) is 3. The van der Waals surface area contributed by atoms with Crippen LogP contribution in [0.3, 0.4) is 0 Å². The van der Waals surface area contributed by atoms with Crippen LogP contribution < -0.4 is 25.5 Å². The molecule has 20 heteroatoms. The zero-order chi connectivity index (χ0) is 56.8. The molecule has 2 amide bonds. The number of aliphatic hydroxyl groups excluding tert-OH is 2. The molecule has 3 aromatic rings. The highest BCUT2D eigenvalue weighted by molar-refractivity contribution is 7.89. The molecule has 2 saturated heterocycles. The maximum absolute atomic E-state index is 15.0. The third-order valence-electron chi connectivity index (χ3n) is 16.6. The van der Waals surface area contributed by atoms with E-state index >= 15 is 0 Å². The predicted molar refractivity (Wildman–Crippen MR) is 291 cm³/mol. The van der Waals surface area contributed by atoms with Crippen LogP contribution in [0.1, 0.15) is 110 Å². The largest absolute Gasteiger partial charge is 0.507 e. The molecule has 3 aromatic carbocycles. The number of amides is 2. The Bertz CT molecular complexity index is 3160. The van der Waals surface area contributed by atoms with Crippen LogP contribution in [0.15, 0.2) is 81.4 Å². The first-order valence-electron chi connectivity index (χ1n) is 27.2. The molecule has 0 aromatic heterocycles. The lowest BCUT2D eigenvalue weighted by Crippen LogP contribution is -2.47. The summed E-state index contributed by atoms with van der Waals surface area (Å²) in [5.41, 5.74) is -0.256. The van der Waals surface area contributed by atoms with Crippen molar-refractivity contribution in [3.63, 3.8) is 0 Å². The van der Waals surface area contributed by atoms with Crippen LogP contribution in [0.5, 0.6) is 17.2 Å². The number of aromatic hydroxyl groups is 2. The van der Waals surface area contributed by atoms with Gasteiger partial charge < -0.3 is 49.8 Å². The van der Waals surface area contributed by atoms with Crippen molar-refractivity contribution in [1.82, 2.24) is 14.5 Å². The highest BCUT2D eigenvalue weighted by atomic mass is 32.2. The molecular formula is C58H76N6O13S. The molecular weight excluding hydrogens is 1020 g/mol. The van der Waals surface area contributed by atoms with Gasteiger partial charge in [0.1, 0.15) is 40.4 Å². The van der Waals surface area contributed by atoms with Gasteiger partial charge in [0.2, 0.25) is 15.9 Å². The average Bonchev–Trinajstić information content (AvgIpc) is 3.63. The summed E-state index contributed by atoms with van der Waals surface area (Å²) in [5, 5.41) is 51.4. The number of rotatable bonds is 8. The van der Waals surface area contributed by atoms with E-state index in [1.54, 1.807) is 71.0 Å². The molecule has 422 valence electrons. The number of sulfonamides is 1. The van der Waals surface area contributed by atoms with E-state index in [-0.39, 0.29) is 61.9 Å². The van der Waals surface area contributed by atoms with Gasteiger partial charge in [-0.15, -0.1) is 0 Å². The number of benzene rings is 3. The Kier molecular flexibility index (Phi) is 17.0. The molecule has 0 unspecified atom stereocenters. The number of hydrogen-bond donors (Lipinski definition) is 6. The van der Waals surface area contributed by atoms with Crippen LogP contribution >= 0.6 is 0 Å². The summed E-state index contributed by atoms with van der Waals surface area (Å²) in [6, 6.07) is 7.59. The van der Waals surface area contributed by atoms with Gasteiger partial charge in [-0.2, -0.15) is 0 Å². The van der Waals surface area contributed by atoms with Gasteiger partial charge >= 0.3 is 11.8 Å². The van der Waals surface area contributed by atoms with Crippen molar-refractivity contribution < 1.29 is 62.2 Å². The van der Waals surface area contributed by atoms with E-state index in [1.807, 2.05) is 13.8 Å². The summed E-state index contributed by atoms with van der Waals surface area (Å²) in [6.45, 7) is 20.3. The van der Waals surface area contributed by atoms with E-state index in [0.717, 1.165) is 6.54 Å². The minimum Gasteiger partial charge on any atom is -0.507 e. The Morgan fingerprint density at radius 2 is 1.55 bits per heavy atom. The molecule has 6 N–H and O–H groups in total. The number of carbonyl (C=O) groups is 4. The Labute approximate surface area is 456 Å². The topological polar surface area (TPSA) is 266 Å². The predicted octanol–water partition coefficient (Wildman–Crippen LogP) is 5.71. The Morgan fingerprint density at radius 3 is 2.21 bits per heavy atom. The zero-order valence-corrected chi connectivity index (χ0v) is 47.1. The molecule has 19 nitrogen and oxygen atoms in total. The van der Waals surface area contributed by atoms with Gasteiger partial charge in [0.15, 0.2) is 5.75 Å². The van der Waals surface area contributed by atoms with Gasteiger partial charge in [-0.1, -0.05) is 84.9 Å². The minimum atomic E-state index is -3.77. The van der Waals surface area contributed by atoms with Gasteiger partial charge in [-0.05, 0) is 62.7 Å². The maximum atomic E-state index is 15.0. The van der Waals surface area contributed by atoms with E-state index in [4.69, 9.17) is 19.2 Å². The van der Waals surface area contributed by atoms with Gasteiger partial charge in [0, 0.05) is 92.8 Å². The lowest BCUT2D eigenvalue weighted by molar-refractivity contribution is -0.163. The van der Waals surface area contributed by atoms with E-state index < -0.39 is 117 Å². The van der Waals surface area contributed by atoms with Crippen LogP contribution in [0.4, 0.5) is 5.69 Å². The number of ketones is 1. The first kappa shape index (κ1) is 58.0. The molecule has 0 radical (unpaired) electrons. The van der Waals surface area contributed by atoms with E-state index in [0.29, 0.717) is 50.4 Å². The molecule has 0 aliphatic carbocycles. The number of carbonyl (C=O) groups excluding carboxylic acids is 4. The summed E-state index contributed by atoms with van der Waals surface area (Å²) in [6.07, 6.45) is 5.52. The molecule has 9 rings (SSSR count). The first-order valence-corrected chi connectivity index (χ1v) is 28.7. The Morgan fingerprint density at radius 1 is 0.885 bits per heavy atom. The second-order valence-electron chi connectivity index (χ2n) is 22.8. The molecule has 0 saturated carbocycles. The van der Waals surface area contributed by atoms with E-state index in [2.05, 4.69) is 33.8 Å². The van der Waals surface area contributed by atoms with Crippen LogP contribution in [0.25, 0.3) is 10.8 Å². The molecule has 6 heterocycles. The molecule has 78 heavy (non-hydrogen) atoms. The number of aliphatic hydroxyl groups is 2. The number of allylic oxidation sites excluding steroid dienone is 3. The second-order valence-corrected chi connectivity index (χ2v) is 24.5. The SMILES string of the molecule is C/C1=C/C=C/[C@H](C)[C@H](O)[C@@H](C)[C@@H](O)[C@@H](C)[C@H](OC(=O)CC(=O)N2CCC(NS(=O)(=O)c3ccccc3)CC2)[C@H](C)[C@@H](C)/C=C/O[C@@]2(C)Oc3c(C)c(O)c4c(O)c(c5c(c4c3C2=O)NC2(CCN(CC(C)C)CC2)N=5)=NC1=O. The highest BCUT2D eigenvalue weighted by Crippen LogP contribution is 2.51. The summed E-state index contributed by atoms with van der Waals surface area (Å²) in [7, 11) is -3.77. The third-order valence-corrected chi connectivity index (χ3v) is 18.1. The quantitative estimate of drug-likeness (QED) is 0.0897. The van der Waals surface area contributed by atoms with Crippen molar-refractivity contribution in [3.8, 4) is 17.2 Å². The Hall–Kier alpha value is -6.19. The number of nitrogens with one attached hydrogen (secondary N) is 2. The van der Waals surface area contributed by atoms with Gasteiger partial charge in [0.25, 0.3) is 11.7 Å². The number of esters is 1. The number of anilines is 1. The zero-order valence-electron chi connectivity index (χ0n) is 46.3. The van der Waals surface area contributed by atoms with Gasteiger partial charge in [-0.25, -0.2) is 18.1 Å². The maximum Gasteiger partial charge on any atom is 0.315 e. The number of fused-ring (bicyclic) bond motifs is 13. The summed E-state index contributed by atoms with van der Waals surface area (Å²) >= 11 is 0. The van der Waals surface area contributed by atoms with E-state index in [1.165, 1.54) is 36.3 Å². The number of nitrogens with zero attached hydrogens (tertiary/aromatic N) is 4. The number of hydrogen-bond acceptors (Lipinski definition) is 16. The van der Waals surface area contributed by atoms with Crippen LogP contribution in [0.2, 0.25) is 0 Å². The number of phenols is 2. The van der Waals surface area contributed by atoms with Crippen molar-refractivity contribution in [2.24, 2.45) is 45.5 Å². The Balaban J connectivity index is 1.10. The minimum absolute atomic E-state index is 0.0292. The summed E-state index contributed by atoms with van der Waals surface area (Å²) in [5.74, 6) is -8.36. The molecule has 9 atom stereocenters. The fourth-order valence-electron chi connectivity index (χ4n) is 11.5. The first-order chi connectivity index (χ1) is 36.8. The number of Topliss-reactive ketones (excluding diaryl/α,β-unsaturated/α-hetero) is 1. The smallest absolute Gasteiger partial charge is 0.315 e. The number of piperidine rings is 2. The fraction of sp³-hybridized carbons (Fsp3) is 0.552. The average molecular weight is 1100 g/mol. The monoisotopic (exact) mass is 1100 g/mol. The van der Waals surface area contributed by atoms with Crippen molar-refractivity contribution in [2.75, 3.05) is 38.0 Å². The van der Waals surface area contributed by atoms with Crippen molar-refractivity contribution >= 4 is 50.1 Å². The van der Waals surface area contributed by atoms with Gasteiger partial charge in [0.05, 0.1) is 40.0 Å². The summed E-state index contributed by atoms with van der Waals surface area (Å²) in [4.78, 5) is 70.1. The molecule has 5 bridgehead atoms. The highest BCUT2D eigenvalue weighted by Gasteiger charge is 2.51. The van der Waals surface area contributed by atoms with Crippen molar-refractivity contribution in [2.45, 2.75) is 142 Å². The van der Waals surface area contributed by atoms with Crippen LogP contribution in [-0.2, 0) is 33.9 Å². The van der Waals surface area contributed by atoms with Crippen molar-refractivity contribution in [3.05, 3.63) is 88.3 Å². The van der Waals surface area contributed by atoms with E-state index in [9.17, 15) is 48.0 Å². The normalized spacial score (nSPS) is 29.7. The lowest BCUT2D eigenvalue weighted by Gasteiger charge is -2.38. The second kappa shape index (κ2) is 22.9.